The van der Waals surface area contributed by atoms with Crippen LogP contribution in [-0.4, -0.2) is 23.8 Å². The summed E-state index contributed by atoms with van der Waals surface area (Å²) in [5.41, 5.74) is 1.29. The van der Waals surface area contributed by atoms with Crippen LogP contribution in [0.15, 0.2) is 78.9 Å². The summed E-state index contributed by atoms with van der Waals surface area (Å²) in [6, 6.07) is 24.9. The molecule has 0 amide bonds. The van der Waals surface area contributed by atoms with E-state index in [0.717, 1.165) is 16.9 Å². The number of aliphatic hydroxyl groups is 1. The Morgan fingerprint density at radius 2 is 1.47 bits per heavy atom. The number of hydrogen-bond acceptors (Lipinski definition) is 5. The normalized spacial score (nSPS) is 15.2. The minimum Gasteiger partial charge on any atom is -0.464 e. The molecule has 30 heavy (non-hydrogen) atoms. The fourth-order valence-corrected chi connectivity index (χ4v) is 4.24. The molecule has 0 radical (unpaired) electrons. The molecule has 2 atom stereocenters. The predicted octanol–water partition coefficient (Wildman–Crippen LogP) is 5.16. The minimum atomic E-state index is -1.41. The fourth-order valence-electron chi connectivity index (χ4n) is 4.24. The van der Waals surface area contributed by atoms with E-state index in [1.165, 1.54) is 0 Å². The summed E-state index contributed by atoms with van der Waals surface area (Å²) in [5, 5.41) is 11.5. The summed E-state index contributed by atoms with van der Waals surface area (Å²) in [7, 11) is 0. The van der Waals surface area contributed by atoms with E-state index >= 15 is 0 Å². The zero-order chi connectivity index (χ0) is 21.1. The highest BCUT2D eigenvalue weighted by molar-refractivity contribution is 5.84. The van der Waals surface area contributed by atoms with Gasteiger partial charge in [-0.3, -0.25) is 0 Å². The maximum Gasteiger partial charge on any atom is 0.337 e. The molecule has 0 bridgehead atoms. The summed E-state index contributed by atoms with van der Waals surface area (Å²) in [6.07, 6.45) is -0.955. The van der Waals surface area contributed by atoms with Gasteiger partial charge in [0.1, 0.15) is 5.54 Å². The van der Waals surface area contributed by atoms with Crippen LogP contribution in [-0.2, 0) is 15.1 Å². The third-order valence-corrected chi connectivity index (χ3v) is 5.61. The summed E-state index contributed by atoms with van der Waals surface area (Å²) >= 11 is 0. The predicted molar refractivity (Wildman–Crippen MR) is 116 cm³/mol. The van der Waals surface area contributed by atoms with Gasteiger partial charge in [0.25, 0.3) is 0 Å². The van der Waals surface area contributed by atoms with Crippen LogP contribution >= 0.6 is 0 Å². The van der Waals surface area contributed by atoms with Crippen molar-refractivity contribution in [1.29, 1.82) is 0 Å². The molecule has 154 valence electrons. The van der Waals surface area contributed by atoms with Crippen molar-refractivity contribution < 1.29 is 19.4 Å². The molecule has 5 heteroatoms. The molecule has 0 aromatic heterocycles. The van der Waals surface area contributed by atoms with Gasteiger partial charge in [0.15, 0.2) is 17.6 Å². The second kappa shape index (κ2) is 8.20. The number of benzene rings is 3. The zero-order valence-corrected chi connectivity index (χ0v) is 17.1. The van der Waals surface area contributed by atoms with Gasteiger partial charge < -0.3 is 19.5 Å². The van der Waals surface area contributed by atoms with Gasteiger partial charge >= 0.3 is 5.97 Å². The molecule has 5 nitrogen and oxygen atoms in total. The lowest BCUT2D eigenvalue weighted by molar-refractivity contribution is -0.157. The van der Waals surface area contributed by atoms with Crippen LogP contribution in [0.2, 0.25) is 0 Å². The number of anilines is 2. The number of hydrogen-bond donors (Lipinski definition) is 1. The Kier molecular flexibility index (Phi) is 5.46. The molecular weight excluding hydrogens is 378 g/mol. The summed E-state index contributed by atoms with van der Waals surface area (Å²) in [4.78, 5) is 14.9. The Bertz CT molecular complexity index is 991. The van der Waals surface area contributed by atoms with E-state index in [9.17, 15) is 9.90 Å². The first-order chi connectivity index (χ1) is 14.6. The maximum absolute atomic E-state index is 12.9. The van der Waals surface area contributed by atoms with Gasteiger partial charge in [-0.25, -0.2) is 4.79 Å². The van der Waals surface area contributed by atoms with Crippen molar-refractivity contribution in [1.82, 2.24) is 0 Å². The van der Waals surface area contributed by atoms with E-state index in [0.29, 0.717) is 17.9 Å². The van der Waals surface area contributed by atoms with Crippen molar-refractivity contribution in [3.05, 3.63) is 84.4 Å². The average molecular weight is 403 g/mol. The van der Waals surface area contributed by atoms with Crippen LogP contribution < -0.4 is 9.64 Å². The first-order valence-corrected chi connectivity index (χ1v) is 10.2. The first-order valence-electron chi connectivity index (χ1n) is 10.2. The zero-order valence-electron chi connectivity index (χ0n) is 17.1. The summed E-state index contributed by atoms with van der Waals surface area (Å²) < 4.78 is 11.4. The van der Waals surface area contributed by atoms with E-state index < -0.39 is 17.6 Å². The fraction of sp³-hybridized carbons (Fsp3) is 0.240. The van der Waals surface area contributed by atoms with Gasteiger partial charge in [0.2, 0.25) is 0 Å². The van der Waals surface area contributed by atoms with Gasteiger partial charge in [0.05, 0.1) is 18.0 Å². The first kappa shape index (κ1) is 20.0. The molecule has 1 aliphatic heterocycles. The third kappa shape index (κ3) is 3.12. The monoisotopic (exact) mass is 403 g/mol. The Hall–Kier alpha value is -3.31. The second-order valence-electron chi connectivity index (χ2n) is 7.17. The molecule has 0 saturated carbocycles. The van der Waals surface area contributed by atoms with E-state index in [1.54, 1.807) is 6.92 Å². The average Bonchev–Trinajstić information content (AvgIpc) is 2.80. The van der Waals surface area contributed by atoms with Crippen LogP contribution in [0.1, 0.15) is 25.8 Å². The number of rotatable bonds is 6. The molecule has 0 saturated heterocycles. The molecule has 1 N–H and O–H groups in total. The second-order valence-corrected chi connectivity index (χ2v) is 7.17. The Balaban J connectivity index is 2.02. The summed E-state index contributed by atoms with van der Waals surface area (Å²) in [6.45, 7) is 3.90. The Morgan fingerprint density at radius 3 is 2.00 bits per heavy atom. The molecule has 3 aromatic carbocycles. The third-order valence-electron chi connectivity index (χ3n) is 5.61. The smallest absolute Gasteiger partial charge is 0.337 e. The highest BCUT2D eigenvalue weighted by atomic mass is 16.5. The number of nitrogens with zero attached hydrogens (tertiary/aromatic N) is 1. The van der Waals surface area contributed by atoms with E-state index in [4.69, 9.17) is 9.47 Å². The van der Waals surface area contributed by atoms with Gasteiger partial charge in [-0.2, -0.15) is 0 Å². The lowest BCUT2D eigenvalue weighted by atomic mass is 9.78. The molecule has 1 aliphatic rings. The van der Waals surface area contributed by atoms with Crippen molar-refractivity contribution in [3.63, 3.8) is 0 Å². The number of carbonyl (C=O) groups is 1. The highest BCUT2D eigenvalue weighted by Crippen LogP contribution is 2.54. The molecule has 0 aliphatic carbocycles. The SMILES string of the molecule is CCOC(=O)C(O)C(CC)(c1ccccc1)N1c2ccccc2Oc2ccccc21. The number of fused-ring (bicyclic) bond motifs is 2. The van der Waals surface area contributed by atoms with Crippen molar-refractivity contribution in [3.8, 4) is 11.5 Å². The number of ether oxygens (including phenoxy) is 2. The standard InChI is InChI=1S/C25H25NO4/c1-3-25(18-12-6-5-7-13-18,23(27)24(28)29-4-2)26-19-14-8-10-16-21(19)30-22-17-11-9-15-20(22)26/h5-17,23,27H,3-4H2,1-2H3. The molecule has 0 spiro atoms. The number of para-hydroxylation sites is 4. The van der Waals surface area contributed by atoms with Gasteiger partial charge in [-0.1, -0.05) is 61.5 Å². The van der Waals surface area contributed by atoms with Gasteiger partial charge in [-0.15, -0.1) is 0 Å². The van der Waals surface area contributed by atoms with Crippen LogP contribution in [0.4, 0.5) is 11.4 Å². The van der Waals surface area contributed by atoms with Crippen molar-refractivity contribution in [2.24, 2.45) is 0 Å². The molecule has 2 unspecified atom stereocenters. The van der Waals surface area contributed by atoms with E-state index in [1.807, 2.05) is 90.7 Å². The van der Waals surface area contributed by atoms with Crippen LogP contribution in [0.3, 0.4) is 0 Å². The molecule has 1 heterocycles. The Morgan fingerprint density at radius 1 is 0.933 bits per heavy atom. The minimum absolute atomic E-state index is 0.195. The molecule has 0 fully saturated rings. The van der Waals surface area contributed by atoms with Crippen LogP contribution in [0.25, 0.3) is 0 Å². The number of esters is 1. The van der Waals surface area contributed by atoms with E-state index in [2.05, 4.69) is 0 Å². The lowest BCUT2D eigenvalue weighted by Crippen LogP contribution is -2.56. The molecular formula is C25H25NO4. The van der Waals surface area contributed by atoms with Crippen molar-refractivity contribution in [2.75, 3.05) is 11.5 Å². The van der Waals surface area contributed by atoms with Gasteiger partial charge in [0, 0.05) is 0 Å². The molecule has 3 aromatic rings. The Labute approximate surface area is 176 Å². The van der Waals surface area contributed by atoms with Crippen LogP contribution in [0, 0.1) is 0 Å². The van der Waals surface area contributed by atoms with Crippen molar-refractivity contribution >= 4 is 17.3 Å². The molecule has 4 rings (SSSR count). The number of aliphatic hydroxyl groups excluding tert-OH is 1. The quantitative estimate of drug-likeness (QED) is 0.576. The van der Waals surface area contributed by atoms with Crippen LogP contribution in [0.5, 0.6) is 11.5 Å². The lowest BCUT2D eigenvalue weighted by Gasteiger charge is -2.49. The maximum atomic E-state index is 12.9. The van der Waals surface area contributed by atoms with Gasteiger partial charge in [-0.05, 0) is 43.2 Å². The highest BCUT2D eigenvalue weighted by Gasteiger charge is 2.51. The largest absolute Gasteiger partial charge is 0.464 e. The summed E-state index contributed by atoms with van der Waals surface area (Å²) in [5.74, 6) is 0.687. The van der Waals surface area contributed by atoms with Crippen molar-refractivity contribution in [2.45, 2.75) is 31.9 Å². The topological polar surface area (TPSA) is 59.0 Å². The van der Waals surface area contributed by atoms with E-state index in [-0.39, 0.29) is 6.61 Å². The number of carbonyl (C=O) groups excluding carboxylic acids is 1.